The largest absolute Gasteiger partial charge is 0.416 e. The van der Waals surface area contributed by atoms with E-state index in [0.29, 0.717) is 12.1 Å². The molecule has 1 saturated carbocycles. The van der Waals surface area contributed by atoms with Crippen molar-refractivity contribution in [3.63, 3.8) is 0 Å². The average molecular weight is 508 g/mol. The van der Waals surface area contributed by atoms with Gasteiger partial charge in [0.2, 0.25) is 14.8 Å². The van der Waals surface area contributed by atoms with Crippen LogP contribution in [0.4, 0.5) is 17.6 Å². The van der Waals surface area contributed by atoms with Crippen molar-refractivity contribution in [2.75, 3.05) is 6.26 Å². The first-order valence-corrected chi connectivity index (χ1v) is 13.2. The number of alkyl halides is 4. The first-order chi connectivity index (χ1) is 15.1. The van der Waals surface area contributed by atoms with E-state index in [1.807, 2.05) is 0 Å². The number of halogens is 4. The molecular weight excluding hydrogens is 486 g/mol. The number of benzene rings is 2. The van der Waals surface area contributed by atoms with E-state index in [-0.39, 0.29) is 23.3 Å². The van der Waals surface area contributed by atoms with Gasteiger partial charge in [0.15, 0.2) is 9.84 Å². The molecule has 0 bridgehead atoms. The molecule has 33 heavy (non-hydrogen) atoms. The predicted molar refractivity (Wildman–Crippen MR) is 112 cm³/mol. The first kappa shape index (κ1) is 25.2. The van der Waals surface area contributed by atoms with E-state index < -0.39 is 66.1 Å². The first-order valence-electron chi connectivity index (χ1n) is 9.85. The van der Waals surface area contributed by atoms with Gasteiger partial charge in [0.05, 0.1) is 15.4 Å². The van der Waals surface area contributed by atoms with Gasteiger partial charge in [-0.2, -0.15) is 13.2 Å². The molecular formula is C21H21F4NO5S2. The molecule has 1 aliphatic rings. The van der Waals surface area contributed by atoms with Gasteiger partial charge in [-0.05, 0) is 68.1 Å². The summed E-state index contributed by atoms with van der Waals surface area (Å²) in [6.45, 7) is 0. The highest BCUT2D eigenvalue weighted by molar-refractivity contribution is 7.92. The Morgan fingerprint density at radius 2 is 1.55 bits per heavy atom. The minimum Gasteiger partial charge on any atom is -0.349 e. The fourth-order valence-electron chi connectivity index (χ4n) is 3.63. The Bertz CT molecular complexity index is 1250. The third kappa shape index (κ3) is 5.37. The summed E-state index contributed by atoms with van der Waals surface area (Å²) in [6, 6.07) is 7.63. The highest BCUT2D eigenvalue weighted by Crippen LogP contribution is 2.41. The van der Waals surface area contributed by atoms with E-state index in [1.54, 1.807) is 0 Å². The van der Waals surface area contributed by atoms with E-state index in [1.165, 1.54) is 24.3 Å². The van der Waals surface area contributed by atoms with Gasteiger partial charge < -0.3 is 5.32 Å². The van der Waals surface area contributed by atoms with Crippen LogP contribution in [0.15, 0.2) is 58.3 Å². The molecule has 0 aromatic heterocycles. The van der Waals surface area contributed by atoms with Gasteiger partial charge in [0.1, 0.15) is 0 Å². The van der Waals surface area contributed by atoms with Gasteiger partial charge >= 0.3 is 6.18 Å². The van der Waals surface area contributed by atoms with Crippen molar-refractivity contribution in [2.45, 2.75) is 52.7 Å². The number of sulfone groups is 2. The highest BCUT2D eigenvalue weighted by atomic mass is 32.2. The monoisotopic (exact) mass is 507 g/mol. The van der Waals surface area contributed by atoms with E-state index >= 15 is 4.39 Å². The summed E-state index contributed by atoms with van der Waals surface area (Å²) in [5.74, 6) is -0.535. The molecule has 1 fully saturated rings. The molecule has 3 rings (SSSR count). The second-order valence-electron chi connectivity index (χ2n) is 7.96. The summed E-state index contributed by atoms with van der Waals surface area (Å²) < 4.78 is 103. The van der Waals surface area contributed by atoms with Gasteiger partial charge in [0.25, 0.3) is 5.91 Å². The Balaban J connectivity index is 1.69. The van der Waals surface area contributed by atoms with Crippen LogP contribution < -0.4 is 5.32 Å². The molecule has 0 heterocycles. The van der Waals surface area contributed by atoms with Gasteiger partial charge in [-0.15, -0.1) is 0 Å². The van der Waals surface area contributed by atoms with Crippen LogP contribution in [-0.2, 0) is 25.9 Å². The topological polar surface area (TPSA) is 97.4 Å². The second kappa shape index (κ2) is 8.71. The molecule has 0 unspecified atom stereocenters. The quantitative estimate of drug-likeness (QED) is 0.619. The molecule has 12 heteroatoms. The number of rotatable bonds is 5. The number of carbonyl (C=O) groups is 1. The lowest BCUT2D eigenvalue weighted by atomic mass is 9.93. The Morgan fingerprint density at radius 1 is 0.970 bits per heavy atom. The van der Waals surface area contributed by atoms with Crippen LogP contribution >= 0.6 is 0 Å². The van der Waals surface area contributed by atoms with Gasteiger partial charge in [-0.1, -0.05) is 6.07 Å². The molecule has 1 amide bonds. The number of hydrogen-bond acceptors (Lipinski definition) is 5. The summed E-state index contributed by atoms with van der Waals surface area (Å²) in [7, 11) is -8.13. The van der Waals surface area contributed by atoms with Crippen LogP contribution in [0.3, 0.4) is 0 Å². The molecule has 180 valence electrons. The third-order valence-electron chi connectivity index (χ3n) is 5.57. The van der Waals surface area contributed by atoms with Crippen molar-refractivity contribution in [1.29, 1.82) is 0 Å². The molecule has 0 radical (unpaired) electrons. The maximum absolute atomic E-state index is 15.4. The van der Waals surface area contributed by atoms with Crippen molar-refractivity contribution in [3.05, 3.63) is 59.7 Å². The summed E-state index contributed by atoms with van der Waals surface area (Å²) in [5.41, 5.74) is -1.01. The Hall–Kier alpha value is -2.47. The molecule has 0 spiro atoms. The van der Waals surface area contributed by atoms with Crippen molar-refractivity contribution < 1.29 is 39.2 Å². The summed E-state index contributed by atoms with van der Waals surface area (Å²) in [5, 5.41) is -0.102. The van der Waals surface area contributed by atoms with Gasteiger partial charge in [-0.3, -0.25) is 4.79 Å². The lowest BCUT2D eigenvalue weighted by Crippen LogP contribution is -2.45. The lowest BCUT2D eigenvalue weighted by molar-refractivity contribution is -0.137. The van der Waals surface area contributed by atoms with Gasteiger partial charge in [0, 0.05) is 17.9 Å². The molecule has 0 atom stereocenters. The molecule has 2 aromatic carbocycles. The highest BCUT2D eigenvalue weighted by Gasteiger charge is 2.48. The van der Waals surface area contributed by atoms with E-state index in [2.05, 4.69) is 5.32 Å². The molecule has 2 aromatic rings. The number of nitrogens with one attached hydrogen (secondary N) is 1. The van der Waals surface area contributed by atoms with Crippen LogP contribution in [0.25, 0.3) is 0 Å². The Morgan fingerprint density at radius 3 is 2.06 bits per heavy atom. The predicted octanol–water partition coefficient (Wildman–Crippen LogP) is 3.92. The van der Waals surface area contributed by atoms with Crippen LogP contribution in [0.1, 0.15) is 41.6 Å². The summed E-state index contributed by atoms with van der Waals surface area (Å²) in [4.78, 5) is 11.7. The van der Waals surface area contributed by atoms with Crippen LogP contribution in [0, 0.1) is 0 Å². The normalized spacial score (nSPS) is 22.0. The average Bonchev–Trinajstić information content (AvgIpc) is 2.74. The van der Waals surface area contributed by atoms with Gasteiger partial charge in [-0.25, -0.2) is 21.2 Å². The van der Waals surface area contributed by atoms with Crippen LogP contribution in [0.5, 0.6) is 0 Å². The lowest BCUT2D eigenvalue weighted by Gasteiger charge is -2.34. The van der Waals surface area contributed by atoms with Crippen molar-refractivity contribution in [3.8, 4) is 0 Å². The van der Waals surface area contributed by atoms with Crippen molar-refractivity contribution >= 4 is 25.6 Å². The fraction of sp³-hybridized carbons (Fsp3) is 0.381. The molecule has 1 N–H and O–H groups in total. The maximum atomic E-state index is 15.4. The van der Waals surface area contributed by atoms with E-state index in [9.17, 15) is 34.8 Å². The maximum Gasteiger partial charge on any atom is 0.416 e. The third-order valence-corrected chi connectivity index (χ3v) is 8.94. The Kier molecular flexibility index (Phi) is 6.64. The fourth-order valence-corrected chi connectivity index (χ4v) is 6.00. The summed E-state index contributed by atoms with van der Waals surface area (Å²) >= 11 is 0. The zero-order valence-corrected chi connectivity index (χ0v) is 19.0. The SMILES string of the molecule is CS(=O)(=O)c1ccc(C(=O)NC2CCC(F)(S(=O)(=O)c3cccc(C(F)(F)F)c3)CC2)cc1. The molecule has 6 nitrogen and oxygen atoms in total. The van der Waals surface area contributed by atoms with Crippen molar-refractivity contribution in [1.82, 2.24) is 5.32 Å². The minimum absolute atomic E-state index is 0.0398. The number of amides is 1. The zero-order valence-electron chi connectivity index (χ0n) is 17.4. The summed E-state index contributed by atoms with van der Waals surface area (Å²) in [6.07, 6.45) is -4.81. The molecule has 1 aliphatic carbocycles. The van der Waals surface area contributed by atoms with Crippen molar-refractivity contribution in [2.24, 2.45) is 0 Å². The second-order valence-corrected chi connectivity index (χ2v) is 12.2. The zero-order chi connectivity index (χ0) is 24.7. The molecule has 0 aliphatic heterocycles. The molecule has 0 saturated heterocycles. The van der Waals surface area contributed by atoms with E-state index in [4.69, 9.17) is 0 Å². The van der Waals surface area contributed by atoms with E-state index in [0.717, 1.165) is 18.4 Å². The number of hydrogen-bond donors (Lipinski definition) is 1. The van der Waals surface area contributed by atoms with Crippen LogP contribution in [0.2, 0.25) is 0 Å². The Labute approximate surface area is 188 Å². The minimum atomic E-state index is -4.77. The number of carbonyl (C=O) groups excluding carboxylic acids is 1. The smallest absolute Gasteiger partial charge is 0.349 e. The van der Waals surface area contributed by atoms with Crippen LogP contribution in [-0.4, -0.2) is 40.0 Å². The standard InChI is InChI=1S/C21H21F4NO5S2/c1-32(28,29)17-7-5-14(6-8-17)19(27)26-16-9-11-20(22,12-10-16)33(30,31)18-4-2-3-15(13-18)21(23,24)25/h2-8,13,16H,9-12H2,1H3,(H,26,27).